The molecule has 0 radical (unpaired) electrons. The Hall–Kier alpha value is -3.21. The van der Waals surface area contributed by atoms with Crippen LogP contribution >= 0.6 is 0 Å². The van der Waals surface area contributed by atoms with E-state index in [-0.39, 0.29) is 18.5 Å². The quantitative estimate of drug-likeness (QED) is 0.621. The van der Waals surface area contributed by atoms with Crippen molar-refractivity contribution in [1.82, 2.24) is 5.32 Å². The molecule has 0 aliphatic carbocycles. The summed E-state index contributed by atoms with van der Waals surface area (Å²) < 4.78 is 5.62. The fourth-order valence-electron chi connectivity index (χ4n) is 2.63. The second-order valence-electron chi connectivity index (χ2n) is 5.80. The molecule has 0 heterocycles. The zero-order chi connectivity index (χ0) is 17.8. The maximum absolute atomic E-state index is 12.1. The van der Waals surface area contributed by atoms with E-state index >= 15 is 0 Å². The number of benzene rings is 3. The van der Waals surface area contributed by atoms with Gasteiger partial charge in [0.1, 0.15) is 11.5 Å². The van der Waals surface area contributed by atoms with Crippen LogP contribution in [0.4, 0.5) is 10.5 Å². The normalized spacial score (nSPS) is 10.5. The van der Waals surface area contributed by atoms with E-state index in [2.05, 4.69) is 10.6 Å². The van der Waals surface area contributed by atoms with Crippen molar-refractivity contribution in [3.05, 3.63) is 65.7 Å². The maximum atomic E-state index is 12.1. The Balaban J connectivity index is 1.64. The smallest absolute Gasteiger partial charge is 0.321 e. The Bertz CT molecular complexity index is 922. The fourth-order valence-corrected chi connectivity index (χ4v) is 2.63. The molecule has 3 N–H and O–H groups in total. The number of carbonyl (C=O) groups excluding carboxylic acids is 1. The molecule has 128 valence electrons. The van der Waals surface area contributed by atoms with Crippen molar-refractivity contribution in [2.24, 2.45) is 0 Å². The third-order valence-electron chi connectivity index (χ3n) is 4.16. The highest BCUT2D eigenvalue weighted by Gasteiger charge is 2.08. The van der Waals surface area contributed by atoms with E-state index in [0.717, 1.165) is 22.3 Å². The van der Waals surface area contributed by atoms with Crippen molar-refractivity contribution >= 4 is 22.5 Å². The number of urea groups is 1. The Morgan fingerprint density at radius 3 is 2.56 bits per heavy atom. The van der Waals surface area contributed by atoms with Gasteiger partial charge in [0.15, 0.2) is 6.73 Å². The molecule has 0 aliphatic heterocycles. The molecule has 0 atom stereocenters. The number of phenolic OH excluding ortho intramolecular Hbond substituents is 1. The highest BCUT2D eigenvalue weighted by Crippen LogP contribution is 2.29. The third kappa shape index (κ3) is 3.66. The molecule has 3 rings (SSSR count). The Labute approximate surface area is 146 Å². The SMILES string of the molecule is Cc1cccc(OCNC(=O)Nc2cccc3c(O)cccc23)c1C. The predicted molar refractivity (Wildman–Crippen MR) is 99.2 cm³/mol. The predicted octanol–water partition coefficient (Wildman–Crippen LogP) is 4.32. The van der Waals surface area contributed by atoms with E-state index in [1.807, 2.05) is 38.1 Å². The molecule has 0 unspecified atom stereocenters. The molecule has 5 nitrogen and oxygen atoms in total. The van der Waals surface area contributed by atoms with Gasteiger partial charge in [0.2, 0.25) is 0 Å². The largest absolute Gasteiger partial charge is 0.507 e. The van der Waals surface area contributed by atoms with Crippen LogP contribution in [0.15, 0.2) is 54.6 Å². The van der Waals surface area contributed by atoms with Crippen LogP contribution in [0.25, 0.3) is 10.8 Å². The van der Waals surface area contributed by atoms with E-state index in [1.54, 1.807) is 30.3 Å². The molecule has 25 heavy (non-hydrogen) atoms. The van der Waals surface area contributed by atoms with Crippen molar-refractivity contribution in [2.45, 2.75) is 13.8 Å². The van der Waals surface area contributed by atoms with Crippen molar-refractivity contribution in [2.75, 3.05) is 12.0 Å². The van der Waals surface area contributed by atoms with Gasteiger partial charge in [0.25, 0.3) is 0 Å². The highest BCUT2D eigenvalue weighted by molar-refractivity contribution is 6.03. The number of hydrogen-bond acceptors (Lipinski definition) is 3. The van der Waals surface area contributed by atoms with Gasteiger partial charge in [-0.1, -0.05) is 36.4 Å². The fraction of sp³-hybridized carbons (Fsp3) is 0.150. The summed E-state index contributed by atoms with van der Waals surface area (Å²) in [6.45, 7) is 4.05. The van der Waals surface area contributed by atoms with Crippen molar-refractivity contribution in [3.8, 4) is 11.5 Å². The van der Waals surface area contributed by atoms with Gasteiger partial charge in [-0.25, -0.2) is 4.79 Å². The Kier molecular flexibility index (Phi) is 4.75. The maximum Gasteiger partial charge on any atom is 0.321 e. The van der Waals surface area contributed by atoms with Crippen molar-refractivity contribution in [1.29, 1.82) is 0 Å². The number of nitrogens with one attached hydrogen (secondary N) is 2. The summed E-state index contributed by atoms with van der Waals surface area (Å²) in [4.78, 5) is 12.1. The lowest BCUT2D eigenvalue weighted by molar-refractivity contribution is 0.234. The molecule has 0 aliphatic rings. The lowest BCUT2D eigenvalue weighted by atomic mass is 10.1. The molecular weight excluding hydrogens is 316 g/mol. The molecule has 3 aromatic carbocycles. The first kappa shape index (κ1) is 16.6. The monoisotopic (exact) mass is 336 g/mol. The summed E-state index contributed by atoms with van der Waals surface area (Å²) in [5.41, 5.74) is 2.81. The van der Waals surface area contributed by atoms with E-state index < -0.39 is 0 Å². The lowest BCUT2D eigenvalue weighted by Gasteiger charge is -2.13. The molecule has 0 fully saturated rings. The molecule has 0 bridgehead atoms. The van der Waals surface area contributed by atoms with Crippen LogP contribution in [-0.4, -0.2) is 17.9 Å². The molecule has 2 amide bonds. The number of anilines is 1. The minimum atomic E-state index is -0.374. The van der Waals surface area contributed by atoms with Crippen LogP contribution in [0.3, 0.4) is 0 Å². The number of ether oxygens (including phenoxy) is 1. The number of rotatable bonds is 4. The molecular formula is C20H20N2O3. The van der Waals surface area contributed by atoms with Crippen LogP contribution in [0.5, 0.6) is 11.5 Å². The molecule has 3 aromatic rings. The first-order valence-electron chi connectivity index (χ1n) is 8.01. The Morgan fingerprint density at radius 1 is 1.00 bits per heavy atom. The summed E-state index contributed by atoms with van der Waals surface area (Å²) in [7, 11) is 0. The summed E-state index contributed by atoms with van der Waals surface area (Å²) in [6, 6.07) is 16.0. The highest BCUT2D eigenvalue weighted by atomic mass is 16.5. The number of phenols is 1. The number of amides is 2. The van der Waals surface area contributed by atoms with Crippen LogP contribution < -0.4 is 15.4 Å². The van der Waals surface area contributed by atoms with E-state index in [0.29, 0.717) is 11.1 Å². The van der Waals surface area contributed by atoms with Crippen LogP contribution in [0.1, 0.15) is 11.1 Å². The minimum Gasteiger partial charge on any atom is -0.507 e. The van der Waals surface area contributed by atoms with Gasteiger partial charge < -0.3 is 20.5 Å². The van der Waals surface area contributed by atoms with Crippen molar-refractivity contribution in [3.63, 3.8) is 0 Å². The summed E-state index contributed by atoms with van der Waals surface area (Å²) in [5.74, 6) is 0.926. The molecule has 0 spiro atoms. The number of hydrogen-bond donors (Lipinski definition) is 3. The number of fused-ring (bicyclic) bond motifs is 1. The summed E-state index contributed by atoms with van der Waals surface area (Å²) in [6.07, 6.45) is 0. The first-order chi connectivity index (χ1) is 12.1. The van der Waals surface area contributed by atoms with Crippen LogP contribution in [0, 0.1) is 13.8 Å². The lowest BCUT2D eigenvalue weighted by Crippen LogP contribution is -2.32. The van der Waals surface area contributed by atoms with Gasteiger partial charge >= 0.3 is 6.03 Å². The number of aryl methyl sites for hydroxylation is 1. The molecule has 0 saturated carbocycles. The molecule has 5 heteroatoms. The minimum absolute atomic E-state index is 0.0616. The van der Waals surface area contributed by atoms with Gasteiger partial charge in [-0.05, 0) is 43.2 Å². The van der Waals surface area contributed by atoms with Gasteiger partial charge in [-0.15, -0.1) is 0 Å². The van der Waals surface area contributed by atoms with E-state index in [1.165, 1.54) is 0 Å². The first-order valence-corrected chi connectivity index (χ1v) is 8.01. The van der Waals surface area contributed by atoms with Crippen LogP contribution in [0.2, 0.25) is 0 Å². The number of carbonyl (C=O) groups is 1. The second kappa shape index (κ2) is 7.13. The zero-order valence-corrected chi connectivity index (χ0v) is 14.2. The standard InChI is InChI=1S/C20H20N2O3/c1-13-6-3-11-19(14(13)2)25-12-21-20(24)22-17-9-4-8-16-15(17)7-5-10-18(16)23/h3-11,23H,12H2,1-2H3,(H2,21,22,24). The van der Waals surface area contributed by atoms with E-state index in [4.69, 9.17) is 4.74 Å². The number of aromatic hydroxyl groups is 1. The van der Waals surface area contributed by atoms with Crippen LogP contribution in [-0.2, 0) is 0 Å². The topological polar surface area (TPSA) is 70.6 Å². The average molecular weight is 336 g/mol. The average Bonchev–Trinajstić information content (AvgIpc) is 2.60. The van der Waals surface area contributed by atoms with Gasteiger partial charge in [0.05, 0.1) is 5.69 Å². The summed E-state index contributed by atoms with van der Waals surface area (Å²) >= 11 is 0. The van der Waals surface area contributed by atoms with Gasteiger partial charge in [-0.3, -0.25) is 0 Å². The molecule has 0 saturated heterocycles. The second-order valence-corrected chi connectivity index (χ2v) is 5.80. The summed E-state index contributed by atoms with van der Waals surface area (Å²) in [5, 5.41) is 16.8. The Morgan fingerprint density at radius 2 is 1.72 bits per heavy atom. The van der Waals surface area contributed by atoms with E-state index in [9.17, 15) is 9.90 Å². The van der Waals surface area contributed by atoms with Gasteiger partial charge in [0, 0.05) is 10.8 Å². The third-order valence-corrected chi connectivity index (χ3v) is 4.16. The van der Waals surface area contributed by atoms with Crippen molar-refractivity contribution < 1.29 is 14.6 Å². The zero-order valence-electron chi connectivity index (χ0n) is 14.2. The van der Waals surface area contributed by atoms with Gasteiger partial charge in [-0.2, -0.15) is 0 Å². The molecule has 0 aromatic heterocycles.